The molecule has 1 aromatic carbocycles. The molecular weight excluding hydrogens is 506 g/mol. The van der Waals surface area contributed by atoms with Crippen LogP contribution in [0, 0.1) is 40.7 Å². The topological polar surface area (TPSA) is 82.1 Å². The van der Waals surface area contributed by atoms with Gasteiger partial charge in [-0.15, -0.1) is 6.42 Å². The van der Waals surface area contributed by atoms with Crippen LogP contribution >= 0.6 is 0 Å². The Hall–Kier alpha value is -4.27. The molecule has 0 saturated carbocycles. The maximum absolute atomic E-state index is 14.1. The molecule has 0 aliphatic carbocycles. The Kier molecular flexibility index (Phi) is 8.82. The number of halogens is 2. The number of benzene rings is 1. The van der Waals surface area contributed by atoms with Crippen LogP contribution in [0.15, 0.2) is 48.9 Å². The Balaban J connectivity index is 1.47. The minimum absolute atomic E-state index is 0.194. The molecule has 0 unspecified atom stereocenters. The zero-order valence-corrected chi connectivity index (χ0v) is 23.2. The van der Waals surface area contributed by atoms with Gasteiger partial charge < -0.3 is 10.6 Å². The first-order valence-electron chi connectivity index (χ1n) is 13.3. The van der Waals surface area contributed by atoms with Crippen molar-refractivity contribution in [2.45, 2.75) is 40.2 Å². The van der Waals surface area contributed by atoms with Gasteiger partial charge in [-0.25, -0.2) is 13.8 Å². The zero-order chi connectivity index (χ0) is 28.9. The Labute approximate surface area is 235 Å². The molecule has 6 nitrogen and oxygen atoms in total. The van der Waals surface area contributed by atoms with Gasteiger partial charge in [0.25, 0.3) is 0 Å². The summed E-state index contributed by atoms with van der Waals surface area (Å²) < 4.78 is 28.1. The molecule has 1 aliphatic heterocycles. The number of nitrogens with two attached hydrogens (primary N) is 1. The van der Waals surface area contributed by atoms with Crippen molar-refractivity contribution < 1.29 is 8.78 Å². The van der Waals surface area contributed by atoms with Crippen molar-refractivity contribution in [2.75, 3.05) is 31.1 Å². The largest absolute Gasteiger partial charge is 0.403 e. The molecule has 8 heteroatoms. The van der Waals surface area contributed by atoms with Crippen LogP contribution in [0.3, 0.4) is 0 Å². The lowest BCUT2D eigenvalue weighted by Gasteiger charge is -2.35. The van der Waals surface area contributed by atoms with Gasteiger partial charge in [0.15, 0.2) is 0 Å². The van der Waals surface area contributed by atoms with Gasteiger partial charge in [-0.1, -0.05) is 26.7 Å². The van der Waals surface area contributed by atoms with E-state index in [1.54, 1.807) is 6.20 Å². The van der Waals surface area contributed by atoms with Crippen LogP contribution in [-0.4, -0.2) is 41.0 Å². The van der Waals surface area contributed by atoms with Crippen LogP contribution in [0.1, 0.15) is 49.6 Å². The fourth-order valence-corrected chi connectivity index (χ4v) is 4.75. The van der Waals surface area contributed by atoms with Gasteiger partial charge in [0.1, 0.15) is 23.5 Å². The highest BCUT2D eigenvalue weighted by Crippen LogP contribution is 2.30. The normalized spacial score (nSPS) is 14.6. The smallest absolute Gasteiger partial charge is 0.142 e. The van der Waals surface area contributed by atoms with E-state index in [1.165, 1.54) is 18.3 Å². The van der Waals surface area contributed by atoms with E-state index in [1.807, 2.05) is 18.3 Å². The van der Waals surface area contributed by atoms with E-state index in [2.05, 4.69) is 53.6 Å². The molecule has 0 amide bonds. The number of terminal acetylenes is 1. The SMILES string of the molecule is C#Cc1c(F)cc(CN2CCN(c3ccc(-c4cc(CCC(C)(C)C)cnc4C(C#N)=CN)cn3)CC2)cc1F. The second kappa shape index (κ2) is 12.3. The number of allylic oxidation sites excluding steroid dienone is 1. The van der Waals surface area contributed by atoms with Gasteiger partial charge >= 0.3 is 0 Å². The molecule has 1 saturated heterocycles. The summed E-state index contributed by atoms with van der Waals surface area (Å²) in [6, 6.07) is 10.8. The second-order valence-electron chi connectivity index (χ2n) is 11.2. The van der Waals surface area contributed by atoms with Crippen molar-refractivity contribution >= 4 is 11.4 Å². The maximum Gasteiger partial charge on any atom is 0.142 e. The van der Waals surface area contributed by atoms with Crippen LogP contribution in [0.5, 0.6) is 0 Å². The zero-order valence-electron chi connectivity index (χ0n) is 23.2. The van der Waals surface area contributed by atoms with Crippen LogP contribution in [-0.2, 0) is 13.0 Å². The van der Waals surface area contributed by atoms with Crippen molar-refractivity contribution in [2.24, 2.45) is 11.1 Å². The minimum Gasteiger partial charge on any atom is -0.403 e. The number of aryl methyl sites for hydroxylation is 1. The van der Waals surface area contributed by atoms with Crippen molar-refractivity contribution in [3.8, 4) is 29.5 Å². The lowest BCUT2D eigenvalue weighted by atomic mass is 9.88. The van der Waals surface area contributed by atoms with E-state index < -0.39 is 11.6 Å². The molecule has 2 N–H and O–H groups in total. The Morgan fingerprint density at radius 3 is 2.30 bits per heavy atom. The number of rotatable bonds is 7. The Morgan fingerprint density at radius 1 is 1.05 bits per heavy atom. The highest BCUT2D eigenvalue weighted by molar-refractivity contribution is 5.85. The summed E-state index contributed by atoms with van der Waals surface area (Å²) in [5, 5.41) is 9.60. The highest BCUT2D eigenvalue weighted by Gasteiger charge is 2.20. The van der Waals surface area contributed by atoms with E-state index in [4.69, 9.17) is 17.1 Å². The summed E-state index contributed by atoms with van der Waals surface area (Å²) in [4.78, 5) is 13.7. The second-order valence-corrected chi connectivity index (χ2v) is 11.2. The monoisotopic (exact) mass is 540 g/mol. The predicted molar refractivity (Wildman–Crippen MR) is 155 cm³/mol. The highest BCUT2D eigenvalue weighted by atomic mass is 19.1. The summed E-state index contributed by atoms with van der Waals surface area (Å²) in [5.41, 5.74) is 9.78. The fourth-order valence-electron chi connectivity index (χ4n) is 4.75. The van der Waals surface area contributed by atoms with Crippen LogP contribution in [0.25, 0.3) is 16.7 Å². The number of anilines is 1. The number of nitriles is 1. The third kappa shape index (κ3) is 6.83. The maximum atomic E-state index is 14.1. The van der Waals surface area contributed by atoms with Gasteiger partial charge in [0, 0.05) is 62.4 Å². The summed E-state index contributed by atoms with van der Waals surface area (Å²) in [7, 11) is 0. The van der Waals surface area contributed by atoms with Gasteiger partial charge in [0.2, 0.25) is 0 Å². The van der Waals surface area contributed by atoms with E-state index in [0.29, 0.717) is 23.4 Å². The molecule has 4 rings (SSSR count). The van der Waals surface area contributed by atoms with Crippen LogP contribution < -0.4 is 10.6 Å². The fraction of sp³-hybridized carbons (Fsp3) is 0.344. The average molecular weight is 541 g/mol. The quantitative estimate of drug-likeness (QED) is 0.314. The summed E-state index contributed by atoms with van der Waals surface area (Å²) in [6.45, 7) is 9.96. The van der Waals surface area contributed by atoms with E-state index in [-0.39, 0.29) is 11.0 Å². The Morgan fingerprint density at radius 2 is 1.75 bits per heavy atom. The first-order valence-corrected chi connectivity index (χ1v) is 13.3. The van der Waals surface area contributed by atoms with Crippen molar-refractivity contribution in [3.05, 3.63) is 82.9 Å². The molecule has 0 bridgehead atoms. The standard InChI is InChI=1S/C32H34F2N6/c1-5-26-28(33)15-23(16-29(26)34)21-39-10-12-40(13-11-39)30-7-6-24(20-37-30)27-14-22(8-9-32(2,3)4)19-38-31(27)25(17-35)18-36/h1,6-7,14-17,19-20H,8-13,21,35H2,2-4H3. The lowest BCUT2D eigenvalue weighted by molar-refractivity contribution is 0.248. The molecule has 1 fully saturated rings. The number of pyridine rings is 2. The van der Waals surface area contributed by atoms with Crippen LogP contribution in [0.4, 0.5) is 14.6 Å². The third-order valence-corrected chi connectivity index (χ3v) is 7.06. The molecule has 3 aromatic rings. The van der Waals surface area contributed by atoms with Gasteiger partial charge in [-0.2, -0.15) is 5.26 Å². The molecular formula is C32H34F2N6. The third-order valence-electron chi connectivity index (χ3n) is 7.06. The molecule has 206 valence electrons. The van der Waals surface area contributed by atoms with Gasteiger partial charge in [-0.05, 0) is 59.7 Å². The molecule has 1 aliphatic rings. The molecule has 0 atom stereocenters. The molecule has 2 aromatic heterocycles. The number of hydrogen-bond acceptors (Lipinski definition) is 6. The van der Waals surface area contributed by atoms with Gasteiger partial charge in [0.05, 0.1) is 16.8 Å². The summed E-state index contributed by atoms with van der Waals surface area (Å²) in [6.07, 6.45) is 12.0. The number of hydrogen-bond donors (Lipinski definition) is 1. The molecule has 40 heavy (non-hydrogen) atoms. The van der Waals surface area contributed by atoms with Crippen molar-refractivity contribution in [1.82, 2.24) is 14.9 Å². The Bertz CT molecular complexity index is 1440. The summed E-state index contributed by atoms with van der Waals surface area (Å²) in [5.74, 6) is 1.49. The summed E-state index contributed by atoms with van der Waals surface area (Å²) >= 11 is 0. The van der Waals surface area contributed by atoms with Crippen molar-refractivity contribution in [1.29, 1.82) is 5.26 Å². The van der Waals surface area contributed by atoms with Crippen molar-refractivity contribution in [3.63, 3.8) is 0 Å². The number of aromatic nitrogens is 2. The van der Waals surface area contributed by atoms with Gasteiger partial charge in [-0.3, -0.25) is 9.88 Å². The minimum atomic E-state index is -0.706. The van der Waals surface area contributed by atoms with E-state index in [9.17, 15) is 14.0 Å². The lowest BCUT2D eigenvalue weighted by Crippen LogP contribution is -2.46. The van der Waals surface area contributed by atoms with E-state index in [0.717, 1.165) is 61.5 Å². The molecule has 0 spiro atoms. The van der Waals surface area contributed by atoms with Crippen LogP contribution in [0.2, 0.25) is 0 Å². The molecule has 3 heterocycles. The number of piperazine rings is 1. The predicted octanol–water partition coefficient (Wildman–Crippen LogP) is 5.53. The van der Waals surface area contributed by atoms with E-state index >= 15 is 0 Å². The first-order chi connectivity index (χ1) is 19.1. The number of nitrogens with zero attached hydrogens (tertiary/aromatic N) is 5. The average Bonchev–Trinajstić information content (AvgIpc) is 2.93. The first kappa shape index (κ1) is 28.7. The molecule has 0 radical (unpaired) electrons.